The maximum absolute atomic E-state index is 13.9. The predicted molar refractivity (Wildman–Crippen MR) is 80.6 cm³/mol. The summed E-state index contributed by atoms with van der Waals surface area (Å²) in [4.78, 5) is 19.4. The number of ketones is 1. The maximum Gasteiger partial charge on any atom is 0.197 e. The van der Waals surface area contributed by atoms with Gasteiger partial charge in [0.2, 0.25) is 0 Å². The van der Waals surface area contributed by atoms with Gasteiger partial charge in [0.25, 0.3) is 0 Å². The van der Waals surface area contributed by atoms with Crippen LogP contribution in [0, 0.1) is 11.6 Å². The number of Topliss-reactive ketones (excluding diaryl/α,β-unsaturated/α-hetero) is 1. The molecule has 0 radical (unpaired) electrons. The lowest BCUT2D eigenvalue weighted by Gasteiger charge is -2.07. The average Bonchev–Trinajstić information content (AvgIpc) is 2.95. The number of halogens is 2. The molecule has 0 aliphatic carbocycles. The van der Waals surface area contributed by atoms with Crippen LogP contribution >= 0.6 is 0 Å². The maximum atomic E-state index is 13.9. The van der Waals surface area contributed by atoms with Crippen molar-refractivity contribution < 1.29 is 18.7 Å². The minimum absolute atomic E-state index is 0.124. The lowest BCUT2D eigenvalue weighted by Crippen LogP contribution is -2.07. The van der Waals surface area contributed by atoms with Crippen LogP contribution in [-0.4, -0.2) is 20.9 Å². The summed E-state index contributed by atoms with van der Waals surface area (Å²) in [5.41, 5.74) is 5.55. The summed E-state index contributed by atoms with van der Waals surface area (Å²) in [7, 11) is 0. The molecule has 7 heteroatoms. The second-order valence-corrected chi connectivity index (χ2v) is 4.80. The molecule has 0 bridgehead atoms. The van der Waals surface area contributed by atoms with E-state index >= 15 is 0 Å². The van der Waals surface area contributed by atoms with Crippen LogP contribution in [0.15, 0.2) is 42.9 Å². The van der Waals surface area contributed by atoms with Gasteiger partial charge in [0.15, 0.2) is 17.4 Å². The Morgan fingerprint density at radius 2 is 2.09 bits per heavy atom. The van der Waals surface area contributed by atoms with E-state index in [1.165, 1.54) is 30.6 Å². The molecule has 116 valence electrons. The number of aromatic nitrogens is 2. The number of carbonyl (C=O) groups excluding carboxylic acids is 1. The van der Waals surface area contributed by atoms with Crippen LogP contribution in [0.5, 0.6) is 5.75 Å². The molecule has 4 N–H and O–H groups in total. The summed E-state index contributed by atoms with van der Waals surface area (Å²) < 4.78 is 27.3. The number of nitrogens with two attached hydrogens (primary N) is 1. The molecule has 0 saturated carbocycles. The number of benzene rings is 1. The molecule has 5 nitrogen and oxygen atoms in total. The quantitative estimate of drug-likeness (QED) is 0.512. The van der Waals surface area contributed by atoms with E-state index in [9.17, 15) is 18.7 Å². The normalized spacial score (nSPS) is 11.8. The van der Waals surface area contributed by atoms with E-state index in [4.69, 9.17) is 5.73 Å². The summed E-state index contributed by atoms with van der Waals surface area (Å²) in [6.07, 6.45) is 3.52. The van der Waals surface area contributed by atoms with Crippen LogP contribution in [0.4, 0.5) is 8.78 Å². The zero-order chi connectivity index (χ0) is 16.6. The first-order chi connectivity index (χ1) is 11.0. The van der Waals surface area contributed by atoms with Crippen molar-refractivity contribution in [3.63, 3.8) is 0 Å². The molecule has 3 aromatic rings. The van der Waals surface area contributed by atoms with Crippen LogP contribution in [0.2, 0.25) is 0 Å². The molecular formula is C16H11F2N3O2. The van der Waals surface area contributed by atoms with Crippen LogP contribution in [0.1, 0.15) is 15.9 Å². The second kappa shape index (κ2) is 5.53. The molecular weight excluding hydrogens is 304 g/mol. The number of nitrogens with one attached hydrogen (secondary N) is 1. The smallest absolute Gasteiger partial charge is 0.197 e. The average molecular weight is 315 g/mol. The molecule has 0 saturated heterocycles. The largest absolute Gasteiger partial charge is 0.506 e. The van der Waals surface area contributed by atoms with Gasteiger partial charge in [-0.1, -0.05) is 12.1 Å². The van der Waals surface area contributed by atoms with E-state index in [1.807, 2.05) is 0 Å². The molecule has 2 aromatic heterocycles. The summed E-state index contributed by atoms with van der Waals surface area (Å²) in [6.45, 7) is 0. The molecule has 0 spiro atoms. The Balaban J connectivity index is 2.13. The molecule has 1 aromatic carbocycles. The highest BCUT2D eigenvalue weighted by atomic mass is 19.2. The minimum Gasteiger partial charge on any atom is -0.506 e. The Hall–Kier alpha value is -3.22. The summed E-state index contributed by atoms with van der Waals surface area (Å²) in [6, 6.07) is 4.85. The fraction of sp³-hybridized carbons (Fsp3) is 0. The van der Waals surface area contributed by atoms with Crippen LogP contribution in [0.25, 0.3) is 16.6 Å². The zero-order valence-electron chi connectivity index (χ0n) is 11.7. The lowest BCUT2D eigenvalue weighted by molar-refractivity contribution is 0.105. The number of H-pyrrole nitrogens is 1. The van der Waals surface area contributed by atoms with Gasteiger partial charge in [-0.05, 0) is 12.1 Å². The highest BCUT2D eigenvalue weighted by molar-refractivity contribution is 6.32. The van der Waals surface area contributed by atoms with Gasteiger partial charge in [-0.25, -0.2) is 13.8 Å². The second-order valence-electron chi connectivity index (χ2n) is 4.80. The number of nitrogens with zero attached hydrogens (tertiary/aromatic N) is 1. The number of rotatable bonds is 3. The number of hydrogen-bond acceptors (Lipinski definition) is 4. The van der Waals surface area contributed by atoms with Gasteiger partial charge in [0.1, 0.15) is 11.4 Å². The van der Waals surface area contributed by atoms with Crippen molar-refractivity contribution in [2.75, 3.05) is 0 Å². The number of carbonyl (C=O) groups is 1. The Morgan fingerprint density at radius 3 is 2.83 bits per heavy atom. The van der Waals surface area contributed by atoms with Crippen LogP contribution in [0.3, 0.4) is 0 Å². The van der Waals surface area contributed by atoms with E-state index in [1.54, 1.807) is 0 Å². The third kappa shape index (κ3) is 2.42. The number of pyridine rings is 1. The van der Waals surface area contributed by atoms with Crippen molar-refractivity contribution in [2.24, 2.45) is 5.73 Å². The van der Waals surface area contributed by atoms with Crippen molar-refractivity contribution in [1.29, 1.82) is 0 Å². The standard InChI is InChI=1S/C16H11F2N3O2/c17-13-3-1-2-9(14(13)18)11(5-19)15(23)12-7-21-16-10(12)4-8(22)6-20-16/h1-7,22H,19H2,(H,20,21). The first-order valence-corrected chi connectivity index (χ1v) is 6.60. The van der Waals surface area contributed by atoms with Crippen LogP contribution in [-0.2, 0) is 0 Å². The fourth-order valence-electron chi connectivity index (χ4n) is 2.32. The van der Waals surface area contributed by atoms with Crippen molar-refractivity contribution in [2.45, 2.75) is 0 Å². The van der Waals surface area contributed by atoms with E-state index in [-0.39, 0.29) is 22.4 Å². The summed E-state index contributed by atoms with van der Waals surface area (Å²) in [5.74, 6) is -2.97. The minimum atomic E-state index is -1.15. The number of fused-ring (bicyclic) bond motifs is 1. The van der Waals surface area contributed by atoms with Gasteiger partial charge in [-0.2, -0.15) is 0 Å². The summed E-state index contributed by atoms with van der Waals surface area (Å²) in [5, 5.41) is 9.86. The number of allylic oxidation sites excluding steroid dienone is 1. The molecule has 2 heterocycles. The van der Waals surface area contributed by atoms with Gasteiger partial charge in [-0.3, -0.25) is 4.79 Å². The van der Waals surface area contributed by atoms with E-state index in [0.29, 0.717) is 11.0 Å². The molecule has 0 amide bonds. The molecule has 0 unspecified atom stereocenters. The molecule has 3 rings (SSSR count). The number of aromatic amines is 1. The number of aromatic hydroxyl groups is 1. The fourth-order valence-corrected chi connectivity index (χ4v) is 2.32. The Bertz CT molecular complexity index is 948. The molecule has 0 aliphatic heterocycles. The number of hydrogen-bond donors (Lipinski definition) is 3. The SMILES string of the molecule is NC=C(C(=O)c1c[nH]c2ncc(O)cc12)c1cccc(F)c1F. The highest BCUT2D eigenvalue weighted by Gasteiger charge is 2.22. The highest BCUT2D eigenvalue weighted by Crippen LogP contribution is 2.28. The Labute approximate surface area is 129 Å². The van der Waals surface area contributed by atoms with Gasteiger partial charge in [-0.15, -0.1) is 0 Å². The van der Waals surface area contributed by atoms with Gasteiger partial charge < -0.3 is 15.8 Å². The molecule has 0 fully saturated rings. The first kappa shape index (κ1) is 14.7. The molecule has 0 aliphatic rings. The predicted octanol–water partition coefficient (Wildman–Crippen LogP) is 2.73. The van der Waals surface area contributed by atoms with Gasteiger partial charge in [0, 0.05) is 34.5 Å². The molecule has 0 atom stereocenters. The zero-order valence-corrected chi connectivity index (χ0v) is 11.7. The van der Waals surface area contributed by atoms with Crippen molar-refractivity contribution in [3.8, 4) is 5.75 Å². The first-order valence-electron chi connectivity index (χ1n) is 6.60. The Kier molecular flexibility index (Phi) is 3.53. The van der Waals surface area contributed by atoms with Gasteiger partial charge >= 0.3 is 0 Å². The van der Waals surface area contributed by atoms with Crippen molar-refractivity contribution in [3.05, 3.63) is 65.6 Å². The summed E-state index contributed by atoms with van der Waals surface area (Å²) >= 11 is 0. The van der Waals surface area contributed by atoms with Gasteiger partial charge in [0.05, 0.1) is 6.20 Å². The van der Waals surface area contributed by atoms with E-state index in [2.05, 4.69) is 9.97 Å². The molecule has 23 heavy (non-hydrogen) atoms. The van der Waals surface area contributed by atoms with Crippen LogP contribution < -0.4 is 5.73 Å². The van der Waals surface area contributed by atoms with Crippen molar-refractivity contribution >= 4 is 22.4 Å². The lowest BCUT2D eigenvalue weighted by atomic mass is 9.97. The van der Waals surface area contributed by atoms with E-state index in [0.717, 1.165) is 12.3 Å². The Morgan fingerprint density at radius 1 is 1.30 bits per heavy atom. The topological polar surface area (TPSA) is 92.0 Å². The van der Waals surface area contributed by atoms with E-state index < -0.39 is 17.4 Å². The van der Waals surface area contributed by atoms with Crippen molar-refractivity contribution in [1.82, 2.24) is 9.97 Å². The third-order valence-electron chi connectivity index (χ3n) is 3.41. The monoisotopic (exact) mass is 315 g/mol. The third-order valence-corrected chi connectivity index (χ3v) is 3.41.